The van der Waals surface area contributed by atoms with Crippen molar-refractivity contribution in [3.8, 4) is 11.1 Å². The fourth-order valence-corrected chi connectivity index (χ4v) is 5.89. The van der Waals surface area contributed by atoms with Gasteiger partial charge in [0.25, 0.3) is 0 Å². The summed E-state index contributed by atoms with van der Waals surface area (Å²) < 4.78 is 5.55. The Balaban J connectivity index is 1.06. The van der Waals surface area contributed by atoms with Crippen molar-refractivity contribution >= 4 is 18.0 Å². The number of carboxylic acid groups (broad SMARTS) is 1. The summed E-state index contributed by atoms with van der Waals surface area (Å²) in [4.78, 5) is 38.1. The third-order valence-electron chi connectivity index (χ3n) is 7.71. The number of nitrogens with zero attached hydrogens (tertiary/aromatic N) is 1. The number of carbonyl (C=O) groups excluding carboxylic acids is 2. The van der Waals surface area contributed by atoms with Crippen molar-refractivity contribution in [3.63, 3.8) is 0 Å². The average Bonchev–Trinajstić information content (AvgIpc) is 3.50. The molecule has 2 amide bonds. The maximum absolute atomic E-state index is 12.8. The molecule has 4 aliphatic rings. The maximum atomic E-state index is 12.8. The van der Waals surface area contributed by atoms with Gasteiger partial charge in [0, 0.05) is 31.0 Å². The highest BCUT2D eigenvalue weighted by Gasteiger charge is 2.57. The van der Waals surface area contributed by atoms with Crippen LogP contribution in [-0.4, -0.2) is 53.7 Å². The Labute approximate surface area is 199 Å². The van der Waals surface area contributed by atoms with Crippen molar-refractivity contribution in [3.05, 3.63) is 59.7 Å². The lowest BCUT2D eigenvalue weighted by atomic mass is 9.74. The summed E-state index contributed by atoms with van der Waals surface area (Å²) in [6, 6.07) is 16.3. The third-order valence-corrected chi connectivity index (χ3v) is 7.71. The second-order valence-corrected chi connectivity index (χ2v) is 9.71. The molecule has 2 bridgehead atoms. The molecule has 178 valence electrons. The highest BCUT2D eigenvalue weighted by molar-refractivity contribution is 5.82. The van der Waals surface area contributed by atoms with Gasteiger partial charge < -0.3 is 20.1 Å². The summed E-state index contributed by atoms with van der Waals surface area (Å²) in [5, 5.41) is 12.1. The fraction of sp³-hybridized carbons (Fsp3) is 0.444. The molecule has 2 aliphatic heterocycles. The van der Waals surface area contributed by atoms with Crippen LogP contribution >= 0.6 is 0 Å². The highest BCUT2D eigenvalue weighted by atomic mass is 16.5. The minimum Gasteiger partial charge on any atom is -0.481 e. The summed E-state index contributed by atoms with van der Waals surface area (Å²) >= 11 is 0. The minimum absolute atomic E-state index is 0.0251. The van der Waals surface area contributed by atoms with Crippen molar-refractivity contribution < 1.29 is 24.2 Å². The average molecular weight is 463 g/mol. The number of fused-ring (bicyclic) bond motifs is 4. The molecule has 2 N–H and O–H groups in total. The molecule has 2 aromatic rings. The van der Waals surface area contributed by atoms with Gasteiger partial charge in [-0.25, -0.2) is 4.79 Å². The lowest BCUT2D eigenvalue weighted by molar-refractivity contribution is -0.148. The number of amides is 2. The van der Waals surface area contributed by atoms with Gasteiger partial charge in [-0.2, -0.15) is 0 Å². The molecule has 6 rings (SSSR count). The Morgan fingerprint density at radius 3 is 2.35 bits per heavy atom. The third kappa shape index (κ3) is 3.93. The predicted octanol–water partition coefficient (Wildman–Crippen LogP) is 3.87. The van der Waals surface area contributed by atoms with Crippen LogP contribution in [0.5, 0.6) is 0 Å². The SMILES string of the molecule is CC(CCCNC(=O)OCC1c2ccccc2-c2ccccc21)C(=O)N1CC2CC1C2C(=O)O. The topological polar surface area (TPSA) is 95.9 Å². The molecular formula is C27H30N2O5. The van der Waals surface area contributed by atoms with Crippen molar-refractivity contribution in [2.45, 2.75) is 38.1 Å². The van der Waals surface area contributed by atoms with E-state index in [9.17, 15) is 19.5 Å². The first-order valence-electron chi connectivity index (χ1n) is 12.1. The standard InChI is InChI=1S/C27H30N2O5/c1-16(25(30)29-14-17-13-23(29)24(17)26(31)32)7-6-12-28-27(33)34-15-22-20-10-4-2-8-18(20)19-9-3-5-11-21(19)22/h2-5,8-11,16-17,22-24H,6-7,12-15H2,1H3,(H,28,33)(H,31,32). The molecule has 4 atom stereocenters. The number of benzene rings is 2. The van der Waals surface area contributed by atoms with Gasteiger partial charge in [0.1, 0.15) is 6.61 Å². The Morgan fingerprint density at radius 2 is 1.74 bits per heavy atom. The Bertz CT molecular complexity index is 1070. The quantitative estimate of drug-likeness (QED) is 0.581. The van der Waals surface area contributed by atoms with Crippen LogP contribution in [0.4, 0.5) is 4.79 Å². The molecule has 34 heavy (non-hydrogen) atoms. The van der Waals surface area contributed by atoms with Crippen molar-refractivity contribution in [1.82, 2.24) is 10.2 Å². The van der Waals surface area contributed by atoms with Crippen LogP contribution in [0.2, 0.25) is 0 Å². The zero-order chi connectivity index (χ0) is 23.8. The molecule has 0 radical (unpaired) electrons. The first kappa shape index (κ1) is 22.4. The molecule has 2 heterocycles. The normalized spacial score (nSPS) is 23.0. The van der Waals surface area contributed by atoms with Crippen molar-refractivity contribution in [1.29, 1.82) is 0 Å². The number of ether oxygens (including phenoxy) is 1. The lowest BCUT2D eigenvalue weighted by Crippen LogP contribution is -2.46. The van der Waals surface area contributed by atoms with Crippen LogP contribution in [0.15, 0.2) is 48.5 Å². The van der Waals surface area contributed by atoms with Gasteiger partial charge in [0.05, 0.1) is 5.92 Å². The van der Waals surface area contributed by atoms with Gasteiger partial charge in [-0.1, -0.05) is 55.5 Å². The first-order chi connectivity index (χ1) is 16.5. The van der Waals surface area contributed by atoms with Crippen LogP contribution < -0.4 is 5.32 Å². The van der Waals surface area contributed by atoms with E-state index in [0.717, 1.165) is 6.42 Å². The van der Waals surface area contributed by atoms with Crippen LogP contribution in [0.25, 0.3) is 11.1 Å². The highest BCUT2D eigenvalue weighted by Crippen LogP contribution is 2.47. The molecule has 4 unspecified atom stereocenters. The number of carboxylic acids is 1. The molecule has 2 aromatic carbocycles. The number of alkyl carbamates (subject to hydrolysis) is 1. The van der Waals surface area contributed by atoms with E-state index < -0.39 is 18.0 Å². The number of rotatable bonds is 8. The zero-order valence-electron chi connectivity index (χ0n) is 19.3. The first-order valence-corrected chi connectivity index (χ1v) is 12.1. The molecule has 2 aliphatic carbocycles. The van der Waals surface area contributed by atoms with E-state index >= 15 is 0 Å². The lowest BCUT2D eigenvalue weighted by Gasteiger charge is -2.33. The summed E-state index contributed by atoms with van der Waals surface area (Å²) in [5.74, 6) is -1.23. The maximum Gasteiger partial charge on any atom is 0.407 e. The second-order valence-electron chi connectivity index (χ2n) is 9.71. The number of aliphatic carboxylic acids is 1. The molecular weight excluding hydrogens is 432 g/mol. The summed E-state index contributed by atoms with van der Waals surface area (Å²) in [6.07, 6.45) is 1.64. The zero-order valence-corrected chi connectivity index (χ0v) is 19.3. The number of hydrogen-bond acceptors (Lipinski definition) is 4. The smallest absolute Gasteiger partial charge is 0.407 e. The van der Waals surface area contributed by atoms with E-state index in [-0.39, 0.29) is 36.3 Å². The molecule has 3 fully saturated rings. The van der Waals surface area contributed by atoms with E-state index in [1.165, 1.54) is 22.3 Å². The summed E-state index contributed by atoms with van der Waals surface area (Å²) in [7, 11) is 0. The monoisotopic (exact) mass is 462 g/mol. The number of hydrogen-bond donors (Lipinski definition) is 2. The van der Waals surface area contributed by atoms with E-state index in [1.807, 2.05) is 31.2 Å². The van der Waals surface area contributed by atoms with Gasteiger partial charge in [-0.15, -0.1) is 0 Å². The molecule has 7 nitrogen and oxygen atoms in total. The Hall–Kier alpha value is -3.35. The number of carbonyl (C=O) groups is 3. The van der Waals surface area contributed by atoms with Crippen LogP contribution in [-0.2, 0) is 14.3 Å². The minimum atomic E-state index is -0.795. The molecule has 0 spiro atoms. The van der Waals surface area contributed by atoms with Gasteiger partial charge in [-0.05, 0) is 47.4 Å². The van der Waals surface area contributed by atoms with Gasteiger partial charge >= 0.3 is 12.1 Å². The van der Waals surface area contributed by atoms with Crippen LogP contribution in [0.3, 0.4) is 0 Å². The van der Waals surface area contributed by atoms with E-state index in [0.29, 0.717) is 25.9 Å². The summed E-state index contributed by atoms with van der Waals surface area (Å²) in [6.45, 7) is 3.14. The Morgan fingerprint density at radius 1 is 1.09 bits per heavy atom. The van der Waals surface area contributed by atoms with Crippen LogP contribution in [0, 0.1) is 17.8 Å². The van der Waals surface area contributed by atoms with Gasteiger partial charge in [0.2, 0.25) is 5.91 Å². The van der Waals surface area contributed by atoms with E-state index in [2.05, 4.69) is 29.6 Å². The van der Waals surface area contributed by atoms with E-state index in [1.54, 1.807) is 4.90 Å². The molecule has 7 heteroatoms. The van der Waals surface area contributed by atoms with Gasteiger partial charge in [0.15, 0.2) is 0 Å². The van der Waals surface area contributed by atoms with Crippen LogP contribution in [0.1, 0.15) is 43.2 Å². The van der Waals surface area contributed by atoms with E-state index in [4.69, 9.17) is 4.74 Å². The summed E-state index contributed by atoms with van der Waals surface area (Å²) in [5.41, 5.74) is 4.73. The molecule has 0 aromatic heterocycles. The molecule has 1 saturated carbocycles. The van der Waals surface area contributed by atoms with Crippen molar-refractivity contribution in [2.75, 3.05) is 19.7 Å². The fourth-order valence-electron chi connectivity index (χ4n) is 5.89. The second kappa shape index (κ2) is 9.12. The largest absolute Gasteiger partial charge is 0.481 e. The molecule has 2 saturated heterocycles. The number of nitrogens with one attached hydrogen (secondary N) is 1. The Kier molecular flexibility index (Phi) is 6.02. The predicted molar refractivity (Wildman–Crippen MR) is 126 cm³/mol. The van der Waals surface area contributed by atoms with Crippen molar-refractivity contribution in [2.24, 2.45) is 17.8 Å². The van der Waals surface area contributed by atoms with Gasteiger partial charge in [-0.3, -0.25) is 9.59 Å².